The first-order valence-electron chi connectivity index (χ1n) is 13.0. The van der Waals surface area contributed by atoms with Gasteiger partial charge in [-0.05, 0) is 60.6 Å². The summed E-state index contributed by atoms with van der Waals surface area (Å²) in [7, 11) is 2.08. The molecule has 14 heteroatoms. The van der Waals surface area contributed by atoms with E-state index in [1.54, 1.807) is 18.2 Å². The zero-order chi connectivity index (χ0) is 31.6. The van der Waals surface area contributed by atoms with E-state index >= 15 is 0 Å². The summed E-state index contributed by atoms with van der Waals surface area (Å²) in [6.07, 6.45) is -5.08. The fourth-order valence-corrected chi connectivity index (χ4v) is 4.74. The molecule has 0 aliphatic carbocycles. The van der Waals surface area contributed by atoms with Gasteiger partial charge >= 0.3 is 18.2 Å². The van der Waals surface area contributed by atoms with Crippen LogP contribution >= 0.6 is 23.2 Å². The molecule has 4 rings (SSSR count). The van der Waals surface area contributed by atoms with Crippen LogP contribution in [-0.4, -0.2) is 72.2 Å². The highest BCUT2D eigenvalue weighted by Gasteiger charge is 2.38. The molecule has 0 spiro atoms. The predicted molar refractivity (Wildman–Crippen MR) is 159 cm³/mol. The van der Waals surface area contributed by atoms with Crippen LogP contribution in [0.1, 0.15) is 17.2 Å². The second kappa shape index (κ2) is 15.6. The lowest BCUT2D eigenvalue weighted by atomic mass is 10.0. The van der Waals surface area contributed by atoms with E-state index in [9.17, 15) is 22.8 Å². The van der Waals surface area contributed by atoms with Crippen molar-refractivity contribution >= 4 is 52.5 Å². The van der Waals surface area contributed by atoms with E-state index in [2.05, 4.69) is 32.8 Å². The zero-order valence-electron chi connectivity index (χ0n) is 23.0. The molecular weight excluding hydrogens is 610 g/mol. The zero-order valence-corrected chi connectivity index (χ0v) is 24.5. The molecule has 1 aliphatic rings. The highest BCUT2D eigenvalue weighted by atomic mass is 35.5. The van der Waals surface area contributed by atoms with Gasteiger partial charge in [-0.15, -0.1) is 0 Å². The van der Waals surface area contributed by atoms with E-state index in [0.29, 0.717) is 28.0 Å². The molecule has 9 nitrogen and oxygen atoms in total. The molecule has 3 amide bonds. The first-order valence-corrected chi connectivity index (χ1v) is 13.8. The number of nitrogens with one attached hydrogen (secondary N) is 3. The summed E-state index contributed by atoms with van der Waals surface area (Å²) in [5, 5.41) is 16.9. The molecule has 1 atom stereocenters. The number of hydrogen-bond acceptors (Lipinski definition) is 5. The number of piperazine rings is 1. The van der Waals surface area contributed by atoms with Gasteiger partial charge in [0, 0.05) is 54.1 Å². The second-order valence-corrected chi connectivity index (χ2v) is 10.5. The summed E-state index contributed by atoms with van der Waals surface area (Å²) in [4.78, 5) is 39.1. The summed E-state index contributed by atoms with van der Waals surface area (Å²) >= 11 is 12.2. The molecule has 43 heavy (non-hydrogen) atoms. The third-order valence-corrected chi connectivity index (χ3v) is 6.74. The number of likely N-dealkylation sites (N-methyl/N-ethyl adjacent to an activating group) is 1. The number of hydrogen-bond donors (Lipinski definition) is 4. The van der Waals surface area contributed by atoms with Gasteiger partial charge in [-0.3, -0.25) is 9.69 Å². The lowest BCUT2D eigenvalue weighted by Gasteiger charge is -2.37. The third-order valence-electron chi connectivity index (χ3n) is 6.30. The number of nitrogens with zero attached hydrogens (tertiary/aromatic N) is 2. The minimum atomic E-state index is -5.08. The van der Waals surface area contributed by atoms with Gasteiger partial charge in [-0.2, -0.15) is 13.2 Å². The van der Waals surface area contributed by atoms with Crippen molar-refractivity contribution in [2.24, 2.45) is 0 Å². The summed E-state index contributed by atoms with van der Waals surface area (Å²) in [6.45, 7) is 3.64. The highest BCUT2D eigenvalue weighted by molar-refractivity contribution is 6.34. The predicted octanol–water partition coefficient (Wildman–Crippen LogP) is 5.88. The Morgan fingerprint density at radius 2 is 1.37 bits per heavy atom. The smallest absolute Gasteiger partial charge is 0.475 e. The molecule has 0 saturated carbocycles. The Kier molecular flexibility index (Phi) is 12.2. The fraction of sp³-hybridized carbons (Fsp3) is 0.276. The van der Waals surface area contributed by atoms with Crippen molar-refractivity contribution in [2.75, 3.05) is 43.9 Å². The molecule has 1 heterocycles. The van der Waals surface area contributed by atoms with Gasteiger partial charge in [0.2, 0.25) is 5.91 Å². The number of carboxylic acid groups (broad SMARTS) is 1. The van der Waals surface area contributed by atoms with Crippen molar-refractivity contribution in [3.8, 4) is 0 Å². The first kappa shape index (κ1) is 33.7. The van der Waals surface area contributed by atoms with Gasteiger partial charge in [0.15, 0.2) is 0 Å². The molecule has 1 saturated heterocycles. The standard InChI is InChI=1S/C27H29Cl2N5O2.C2HF3O2/c1-33-11-13-34(14-12-33)25(26(35)30-18-19-15-21(28)17-22(29)16-19)20-7-9-24(10-8-20)32-27(36)31-23-5-3-2-4-6-23;3-2(4,5)1(6)7/h2-10,15-17,25H,11-14,18H2,1H3,(H,30,35)(H2,31,32,36);(H,6,7). The van der Waals surface area contributed by atoms with Gasteiger partial charge in [0.05, 0.1) is 0 Å². The van der Waals surface area contributed by atoms with E-state index in [-0.39, 0.29) is 11.9 Å². The van der Waals surface area contributed by atoms with Gasteiger partial charge in [-0.25, -0.2) is 9.59 Å². The Hall–Kier alpha value is -3.84. The van der Waals surface area contributed by atoms with Crippen molar-refractivity contribution in [1.29, 1.82) is 0 Å². The Bertz CT molecular complexity index is 1370. The molecule has 1 aliphatic heterocycles. The second-order valence-electron chi connectivity index (χ2n) is 9.61. The first-order chi connectivity index (χ1) is 20.3. The number of carboxylic acids is 1. The van der Waals surface area contributed by atoms with Crippen LogP contribution in [-0.2, 0) is 16.1 Å². The SMILES string of the molecule is CN1CCN(C(C(=O)NCc2cc(Cl)cc(Cl)c2)c2ccc(NC(=O)Nc3ccccc3)cc2)CC1.O=C(O)C(F)(F)F. The average molecular weight is 640 g/mol. The van der Waals surface area contributed by atoms with Crippen LogP contribution in [0.25, 0.3) is 0 Å². The number of aliphatic carboxylic acids is 1. The number of amides is 3. The van der Waals surface area contributed by atoms with Crippen molar-refractivity contribution in [1.82, 2.24) is 15.1 Å². The molecule has 3 aromatic rings. The van der Waals surface area contributed by atoms with Crippen LogP contribution in [0.3, 0.4) is 0 Å². The summed E-state index contributed by atoms with van der Waals surface area (Å²) in [5.74, 6) is -2.86. The number of anilines is 2. The molecule has 1 unspecified atom stereocenters. The monoisotopic (exact) mass is 639 g/mol. The maximum Gasteiger partial charge on any atom is 0.490 e. The van der Waals surface area contributed by atoms with Crippen LogP contribution in [0.5, 0.6) is 0 Å². The van der Waals surface area contributed by atoms with E-state index in [4.69, 9.17) is 33.1 Å². The van der Waals surface area contributed by atoms with Crippen molar-refractivity contribution < 1.29 is 32.7 Å². The van der Waals surface area contributed by atoms with E-state index in [1.165, 1.54) is 0 Å². The lowest BCUT2D eigenvalue weighted by molar-refractivity contribution is -0.192. The van der Waals surface area contributed by atoms with E-state index in [1.807, 2.05) is 54.6 Å². The molecule has 3 aromatic carbocycles. The number of para-hydroxylation sites is 1. The Morgan fingerprint density at radius 1 is 0.860 bits per heavy atom. The van der Waals surface area contributed by atoms with Crippen LogP contribution in [0.2, 0.25) is 10.0 Å². The number of alkyl halides is 3. The van der Waals surface area contributed by atoms with Crippen molar-refractivity contribution in [3.05, 3.63) is 94.0 Å². The minimum absolute atomic E-state index is 0.0989. The molecular formula is C29H30Cl2F3N5O4. The molecule has 230 valence electrons. The number of halogens is 5. The molecule has 1 fully saturated rings. The largest absolute Gasteiger partial charge is 0.490 e. The maximum atomic E-state index is 13.4. The molecule has 0 aromatic heterocycles. The van der Waals surface area contributed by atoms with Gasteiger partial charge in [0.25, 0.3) is 0 Å². The van der Waals surface area contributed by atoms with Crippen LogP contribution in [0.4, 0.5) is 29.3 Å². The molecule has 0 radical (unpaired) electrons. The number of benzene rings is 3. The average Bonchev–Trinajstić information content (AvgIpc) is 2.94. The third kappa shape index (κ3) is 11.1. The quantitative estimate of drug-likeness (QED) is 0.257. The fourth-order valence-electron chi connectivity index (χ4n) is 4.17. The number of urea groups is 1. The normalized spacial score (nSPS) is 14.6. The summed E-state index contributed by atoms with van der Waals surface area (Å²) in [5.41, 5.74) is 3.04. The Labute approximate surface area is 256 Å². The van der Waals surface area contributed by atoms with E-state index in [0.717, 1.165) is 37.3 Å². The summed E-state index contributed by atoms with van der Waals surface area (Å²) in [6, 6.07) is 21.1. The number of carbonyl (C=O) groups excluding carboxylic acids is 2. The number of rotatable bonds is 7. The van der Waals surface area contributed by atoms with Gasteiger partial charge in [0.1, 0.15) is 6.04 Å². The topological polar surface area (TPSA) is 114 Å². The van der Waals surface area contributed by atoms with Gasteiger partial charge in [-0.1, -0.05) is 53.5 Å². The van der Waals surface area contributed by atoms with Crippen LogP contribution < -0.4 is 16.0 Å². The maximum absolute atomic E-state index is 13.4. The Morgan fingerprint density at radius 3 is 1.88 bits per heavy atom. The highest BCUT2D eigenvalue weighted by Crippen LogP contribution is 2.25. The molecule has 0 bridgehead atoms. The number of carbonyl (C=O) groups is 3. The van der Waals surface area contributed by atoms with Crippen LogP contribution in [0.15, 0.2) is 72.8 Å². The lowest BCUT2D eigenvalue weighted by Crippen LogP contribution is -2.49. The minimum Gasteiger partial charge on any atom is -0.475 e. The van der Waals surface area contributed by atoms with Crippen molar-refractivity contribution in [2.45, 2.75) is 18.8 Å². The summed E-state index contributed by atoms with van der Waals surface area (Å²) < 4.78 is 31.7. The van der Waals surface area contributed by atoms with E-state index < -0.39 is 18.2 Å². The van der Waals surface area contributed by atoms with Crippen LogP contribution in [0, 0.1) is 0 Å². The van der Waals surface area contributed by atoms with Gasteiger partial charge < -0.3 is 26.0 Å². The molecule has 4 N–H and O–H groups in total. The Balaban J connectivity index is 0.000000646. The van der Waals surface area contributed by atoms with Crippen molar-refractivity contribution in [3.63, 3.8) is 0 Å².